The van der Waals surface area contributed by atoms with Gasteiger partial charge in [0.1, 0.15) is 6.04 Å². The van der Waals surface area contributed by atoms with E-state index in [9.17, 15) is 14.4 Å². The Balaban J connectivity index is 2.07. The molecule has 1 N–H and O–H groups in total. The Morgan fingerprint density at radius 1 is 1.00 bits per heavy atom. The van der Waals surface area contributed by atoms with Crippen LogP contribution < -0.4 is 10.9 Å². The highest BCUT2D eigenvalue weighted by atomic mass is 16.2. The second-order valence-electron chi connectivity index (χ2n) is 8.23. The molecule has 0 aliphatic heterocycles. The van der Waals surface area contributed by atoms with Crippen LogP contribution in [0.4, 0.5) is 0 Å². The maximum absolute atomic E-state index is 13.7. The molecular weight excluding hydrogens is 414 g/mol. The molecular formula is C27H31N3O3. The summed E-state index contributed by atoms with van der Waals surface area (Å²) in [5.41, 5.74) is 2.83. The number of hydrogen-bond donors (Lipinski definition) is 1. The number of hydrogen-bond acceptors (Lipinski definition) is 3. The SMILES string of the molecule is CCNC(=O)C(C)N(CC(c1ccccc1)c1ccccc1)C(=O)c1cc(C)c(=O)n(C)c1. The van der Waals surface area contributed by atoms with Gasteiger partial charge in [-0.1, -0.05) is 60.7 Å². The molecule has 1 heterocycles. The van der Waals surface area contributed by atoms with Crippen molar-refractivity contribution in [3.8, 4) is 0 Å². The molecule has 1 atom stereocenters. The predicted octanol–water partition coefficient (Wildman–Crippen LogP) is 3.49. The van der Waals surface area contributed by atoms with Crippen molar-refractivity contribution < 1.29 is 9.59 Å². The molecule has 1 unspecified atom stereocenters. The first kappa shape index (κ1) is 24.0. The van der Waals surface area contributed by atoms with E-state index in [1.54, 1.807) is 31.9 Å². The van der Waals surface area contributed by atoms with E-state index in [4.69, 9.17) is 0 Å². The predicted molar refractivity (Wildman–Crippen MR) is 130 cm³/mol. The van der Waals surface area contributed by atoms with E-state index in [-0.39, 0.29) is 23.3 Å². The third kappa shape index (κ3) is 5.58. The molecule has 0 bridgehead atoms. The van der Waals surface area contributed by atoms with Crippen LogP contribution in [0.25, 0.3) is 0 Å². The van der Waals surface area contributed by atoms with Crippen molar-refractivity contribution >= 4 is 11.8 Å². The molecule has 0 saturated heterocycles. The molecule has 0 fully saturated rings. The van der Waals surface area contributed by atoms with Gasteiger partial charge in [-0.25, -0.2) is 0 Å². The van der Waals surface area contributed by atoms with Gasteiger partial charge in [0, 0.05) is 37.8 Å². The van der Waals surface area contributed by atoms with Crippen LogP contribution in [-0.2, 0) is 11.8 Å². The maximum atomic E-state index is 13.7. The van der Waals surface area contributed by atoms with Crippen molar-refractivity contribution in [1.82, 2.24) is 14.8 Å². The number of benzene rings is 2. The summed E-state index contributed by atoms with van der Waals surface area (Å²) in [6, 6.07) is 20.9. The second kappa shape index (κ2) is 10.8. The Hall–Kier alpha value is -3.67. The summed E-state index contributed by atoms with van der Waals surface area (Å²) in [6.45, 7) is 6.07. The average Bonchev–Trinajstić information content (AvgIpc) is 2.83. The zero-order valence-corrected chi connectivity index (χ0v) is 19.6. The third-order valence-corrected chi connectivity index (χ3v) is 5.85. The van der Waals surface area contributed by atoms with E-state index in [2.05, 4.69) is 5.32 Å². The summed E-state index contributed by atoms with van der Waals surface area (Å²) in [4.78, 5) is 40.3. The highest BCUT2D eigenvalue weighted by Crippen LogP contribution is 2.27. The fourth-order valence-corrected chi connectivity index (χ4v) is 4.01. The third-order valence-electron chi connectivity index (χ3n) is 5.85. The smallest absolute Gasteiger partial charge is 0.256 e. The van der Waals surface area contributed by atoms with Gasteiger partial charge >= 0.3 is 0 Å². The lowest BCUT2D eigenvalue weighted by Crippen LogP contribution is -2.49. The molecule has 0 aliphatic carbocycles. The van der Waals surface area contributed by atoms with Crippen molar-refractivity contribution in [3.63, 3.8) is 0 Å². The summed E-state index contributed by atoms with van der Waals surface area (Å²) >= 11 is 0. The van der Waals surface area contributed by atoms with Crippen molar-refractivity contribution in [3.05, 3.63) is 106 Å². The van der Waals surface area contributed by atoms with Gasteiger partial charge in [-0.3, -0.25) is 14.4 Å². The lowest BCUT2D eigenvalue weighted by atomic mass is 9.90. The largest absolute Gasteiger partial charge is 0.355 e. The molecule has 33 heavy (non-hydrogen) atoms. The Labute approximate surface area is 194 Å². The molecule has 6 nitrogen and oxygen atoms in total. The van der Waals surface area contributed by atoms with Gasteiger partial charge in [0.2, 0.25) is 5.91 Å². The molecule has 0 radical (unpaired) electrons. The number of nitrogens with zero attached hydrogens (tertiary/aromatic N) is 2. The van der Waals surface area contributed by atoms with Crippen molar-refractivity contribution in [2.45, 2.75) is 32.7 Å². The lowest BCUT2D eigenvalue weighted by molar-refractivity contribution is -0.125. The number of pyridine rings is 1. The van der Waals surface area contributed by atoms with Crippen LogP contribution in [0.1, 0.15) is 46.8 Å². The van der Waals surface area contributed by atoms with Crippen LogP contribution in [-0.4, -0.2) is 40.4 Å². The van der Waals surface area contributed by atoms with Gasteiger partial charge in [-0.05, 0) is 38.0 Å². The molecule has 172 valence electrons. The van der Waals surface area contributed by atoms with E-state index >= 15 is 0 Å². The van der Waals surface area contributed by atoms with E-state index < -0.39 is 6.04 Å². The molecule has 3 rings (SSSR count). The molecule has 6 heteroatoms. The summed E-state index contributed by atoms with van der Waals surface area (Å²) in [5, 5.41) is 2.83. The van der Waals surface area contributed by atoms with Gasteiger partial charge in [0.25, 0.3) is 11.5 Å². The van der Waals surface area contributed by atoms with Gasteiger partial charge in [0.05, 0.1) is 5.56 Å². The number of carbonyl (C=O) groups excluding carboxylic acids is 2. The quantitative estimate of drug-likeness (QED) is 0.577. The van der Waals surface area contributed by atoms with Gasteiger partial charge in [-0.2, -0.15) is 0 Å². The van der Waals surface area contributed by atoms with Crippen LogP contribution in [0.5, 0.6) is 0 Å². The Kier molecular flexibility index (Phi) is 7.83. The van der Waals surface area contributed by atoms with Gasteiger partial charge < -0.3 is 14.8 Å². The standard InChI is InChI=1S/C27H31N3O3/c1-5-28-25(31)20(3)30(27(33)23-16-19(2)26(32)29(4)17-23)18-24(21-12-8-6-9-13-21)22-14-10-7-11-15-22/h6-17,20,24H,5,18H2,1-4H3,(H,28,31). The molecule has 3 aromatic rings. The van der Waals surface area contributed by atoms with E-state index in [0.29, 0.717) is 24.2 Å². The summed E-state index contributed by atoms with van der Waals surface area (Å²) < 4.78 is 1.41. The first-order valence-electron chi connectivity index (χ1n) is 11.2. The highest BCUT2D eigenvalue weighted by molar-refractivity contribution is 5.97. The van der Waals surface area contributed by atoms with Gasteiger partial charge in [0.15, 0.2) is 0 Å². The number of rotatable bonds is 8. The monoisotopic (exact) mass is 445 g/mol. The average molecular weight is 446 g/mol. The van der Waals surface area contributed by atoms with Crippen LogP contribution in [0.3, 0.4) is 0 Å². The second-order valence-corrected chi connectivity index (χ2v) is 8.23. The molecule has 2 amide bonds. The number of aromatic nitrogens is 1. The zero-order chi connectivity index (χ0) is 24.0. The lowest BCUT2D eigenvalue weighted by Gasteiger charge is -2.32. The number of nitrogens with one attached hydrogen (secondary N) is 1. The normalized spacial score (nSPS) is 11.8. The number of aryl methyl sites for hydroxylation is 2. The fraction of sp³-hybridized carbons (Fsp3) is 0.296. The first-order chi connectivity index (χ1) is 15.8. The van der Waals surface area contributed by atoms with Gasteiger partial charge in [-0.15, -0.1) is 0 Å². The topological polar surface area (TPSA) is 71.4 Å². The minimum atomic E-state index is -0.690. The van der Waals surface area contributed by atoms with Crippen molar-refractivity contribution in [2.75, 3.05) is 13.1 Å². The van der Waals surface area contributed by atoms with Crippen LogP contribution >= 0.6 is 0 Å². The molecule has 0 saturated carbocycles. The molecule has 0 spiro atoms. The first-order valence-corrected chi connectivity index (χ1v) is 11.2. The number of likely N-dealkylation sites (N-methyl/N-ethyl adjacent to an activating group) is 1. The van der Waals surface area contributed by atoms with Crippen molar-refractivity contribution in [1.29, 1.82) is 0 Å². The van der Waals surface area contributed by atoms with E-state index in [0.717, 1.165) is 11.1 Å². The number of carbonyl (C=O) groups is 2. The Morgan fingerprint density at radius 2 is 1.55 bits per heavy atom. The van der Waals surface area contributed by atoms with Crippen LogP contribution in [0.2, 0.25) is 0 Å². The van der Waals surface area contributed by atoms with Crippen LogP contribution in [0, 0.1) is 6.92 Å². The minimum absolute atomic E-state index is 0.123. The summed E-state index contributed by atoms with van der Waals surface area (Å²) in [6.07, 6.45) is 1.54. The highest BCUT2D eigenvalue weighted by Gasteiger charge is 2.30. The Morgan fingerprint density at radius 3 is 2.03 bits per heavy atom. The van der Waals surface area contributed by atoms with E-state index in [1.165, 1.54) is 10.8 Å². The molecule has 1 aromatic heterocycles. The van der Waals surface area contributed by atoms with E-state index in [1.807, 2.05) is 67.6 Å². The fourth-order valence-electron chi connectivity index (χ4n) is 4.01. The van der Waals surface area contributed by atoms with Crippen molar-refractivity contribution in [2.24, 2.45) is 7.05 Å². The maximum Gasteiger partial charge on any atom is 0.256 e. The molecule has 2 aromatic carbocycles. The minimum Gasteiger partial charge on any atom is -0.355 e. The summed E-state index contributed by atoms with van der Waals surface area (Å²) in [7, 11) is 1.63. The summed E-state index contributed by atoms with van der Waals surface area (Å²) in [5.74, 6) is -0.626. The van der Waals surface area contributed by atoms with Crippen LogP contribution in [0.15, 0.2) is 77.7 Å². The Bertz CT molecular complexity index is 1090. The number of amides is 2. The zero-order valence-electron chi connectivity index (χ0n) is 19.6. The molecule has 0 aliphatic rings.